The van der Waals surface area contributed by atoms with E-state index in [1.165, 1.54) is 6.92 Å². The van der Waals surface area contributed by atoms with Crippen molar-refractivity contribution >= 4 is 23.3 Å². The van der Waals surface area contributed by atoms with Crippen LogP contribution in [0.3, 0.4) is 0 Å². The number of carbonyl (C=O) groups is 2. The van der Waals surface area contributed by atoms with Crippen LogP contribution in [-0.2, 0) is 14.3 Å². The Kier molecular flexibility index (Phi) is 5.90. The van der Waals surface area contributed by atoms with E-state index < -0.39 is 17.9 Å². The summed E-state index contributed by atoms with van der Waals surface area (Å²) in [5.74, 6) is -2.71. The van der Waals surface area contributed by atoms with Crippen molar-refractivity contribution in [1.82, 2.24) is 0 Å². The molecule has 5 heteroatoms. The zero-order valence-electron chi connectivity index (χ0n) is 11.9. The van der Waals surface area contributed by atoms with Crippen LogP contribution >= 0.6 is 0 Å². The molecule has 0 heterocycles. The van der Waals surface area contributed by atoms with E-state index in [0.717, 1.165) is 0 Å². The van der Waals surface area contributed by atoms with Gasteiger partial charge in [0, 0.05) is 0 Å². The average molecular weight is 277 g/mol. The van der Waals surface area contributed by atoms with Crippen molar-refractivity contribution in [3.05, 3.63) is 30.3 Å². The number of nitrogens with zero attached hydrogens (tertiary/aromatic N) is 1. The van der Waals surface area contributed by atoms with Crippen molar-refractivity contribution in [3.63, 3.8) is 0 Å². The van der Waals surface area contributed by atoms with Crippen molar-refractivity contribution in [3.8, 4) is 0 Å². The Labute approximate surface area is 118 Å². The predicted molar refractivity (Wildman–Crippen MR) is 76.2 cm³/mol. The Morgan fingerprint density at radius 1 is 1.25 bits per heavy atom. The van der Waals surface area contributed by atoms with E-state index in [4.69, 9.17) is 4.74 Å². The van der Waals surface area contributed by atoms with Gasteiger partial charge < -0.3 is 9.84 Å². The summed E-state index contributed by atoms with van der Waals surface area (Å²) < 4.78 is 5.15. The fourth-order valence-corrected chi connectivity index (χ4v) is 1.47. The van der Waals surface area contributed by atoms with Gasteiger partial charge >= 0.3 is 11.9 Å². The molecule has 0 radical (unpaired) electrons. The van der Waals surface area contributed by atoms with Crippen LogP contribution < -0.4 is 0 Å². The minimum atomic E-state index is -1.22. The number of ether oxygens (including phenoxy) is 1. The molecule has 1 rings (SSSR count). The normalized spacial score (nSPS) is 14.4. The van der Waals surface area contributed by atoms with Gasteiger partial charge in [-0.15, -0.1) is 0 Å². The van der Waals surface area contributed by atoms with Crippen LogP contribution in [0.2, 0.25) is 0 Å². The third-order valence-corrected chi connectivity index (χ3v) is 2.88. The summed E-state index contributed by atoms with van der Waals surface area (Å²) >= 11 is 0. The van der Waals surface area contributed by atoms with Gasteiger partial charge in [-0.05, 0) is 32.4 Å². The second-order valence-corrected chi connectivity index (χ2v) is 4.52. The van der Waals surface area contributed by atoms with E-state index >= 15 is 0 Å². The number of para-hydroxylation sites is 1. The second kappa shape index (κ2) is 7.43. The number of hydrogen-bond donors (Lipinski definition) is 1. The molecule has 0 spiro atoms. The van der Waals surface area contributed by atoms with Crippen molar-refractivity contribution in [1.29, 1.82) is 0 Å². The van der Waals surface area contributed by atoms with E-state index in [-0.39, 0.29) is 11.8 Å². The second-order valence-electron chi connectivity index (χ2n) is 4.52. The molecule has 2 unspecified atom stereocenters. The molecule has 0 aliphatic carbocycles. The van der Waals surface area contributed by atoms with Crippen LogP contribution in [0.15, 0.2) is 35.3 Å². The van der Waals surface area contributed by atoms with Gasteiger partial charge in [-0.2, -0.15) is 0 Å². The molecule has 5 nitrogen and oxygen atoms in total. The summed E-state index contributed by atoms with van der Waals surface area (Å²) in [4.78, 5) is 27.2. The number of benzene rings is 1. The predicted octanol–water partition coefficient (Wildman–Crippen LogP) is 2.82. The van der Waals surface area contributed by atoms with Crippen molar-refractivity contribution < 1.29 is 19.4 Å². The molecule has 0 saturated carbocycles. The molecule has 1 aromatic carbocycles. The lowest BCUT2D eigenvalue weighted by Crippen LogP contribution is -2.31. The van der Waals surface area contributed by atoms with Gasteiger partial charge in [0.1, 0.15) is 11.6 Å². The lowest BCUT2D eigenvalue weighted by Gasteiger charge is -2.15. The maximum absolute atomic E-state index is 11.9. The van der Waals surface area contributed by atoms with Crippen LogP contribution in [0.4, 0.5) is 5.69 Å². The highest BCUT2D eigenvalue weighted by atomic mass is 16.5. The summed E-state index contributed by atoms with van der Waals surface area (Å²) in [6.45, 7) is 5.14. The van der Waals surface area contributed by atoms with E-state index in [9.17, 15) is 14.7 Å². The maximum Gasteiger partial charge on any atom is 0.351 e. The van der Waals surface area contributed by atoms with Crippen LogP contribution in [0.25, 0.3) is 0 Å². The van der Waals surface area contributed by atoms with Gasteiger partial charge in [0.15, 0.2) is 0 Å². The smallest absolute Gasteiger partial charge is 0.351 e. The average Bonchev–Trinajstić information content (AvgIpc) is 2.44. The molecule has 0 saturated heterocycles. The highest BCUT2D eigenvalue weighted by Crippen LogP contribution is 2.15. The first-order valence-corrected chi connectivity index (χ1v) is 6.53. The van der Waals surface area contributed by atoms with E-state index in [1.54, 1.807) is 37.3 Å². The zero-order valence-corrected chi connectivity index (χ0v) is 11.9. The lowest BCUT2D eigenvalue weighted by atomic mass is 10.1. The topological polar surface area (TPSA) is 76.0 Å². The van der Waals surface area contributed by atoms with Gasteiger partial charge in [-0.25, -0.2) is 9.79 Å². The fraction of sp³-hybridized carbons (Fsp3) is 0.400. The minimum Gasteiger partial charge on any atom is -0.477 e. The maximum atomic E-state index is 11.9. The van der Waals surface area contributed by atoms with E-state index in [2.05, 4.69) is 4.99 Å². The highest BCUT2D eigenvalue weighted by molar-refractivity contribution is 6.40. The van der Waals surface area contributed by atoms with E-state index in [1.807, 2.05) is 6.92 Å². The first-order chi connectivity index (χ1) is 9.45. The number of hydrogen-bond acceptors (Lipinski definition) is 4. The molecule has 20 heavy (non-hydrogen) atoms. The molecule has 0 bridgehead atoms. The third-order valence-electron chi connectivity index (χ3n) is 2.88. The van der Waals surface area contributed by atoms with Gasteiger partial charge in [0.05, 0.1) is 11.8 Å². The number of rotatable bonds is 6. The quantitative estimate of drug-likeness (QED) is 0.640. The monoisotopic (exact) mass is 277 g/mol. The molecule has 0 fully saturated rings. The molecular weight excluding hydrogens is 258 g/mol. The molecule has 0 aliphatic heterocycles. The summed E-state index contributed by atoms with van der Waals surface area (Å²) in [5, 5.41) is 9.21. The zero-order chi connectivity index (χ0) is 15.1. The Balaban J connectivity index is 2.94. The van der Waals surface area contributed by atoms with Gasteiger partial charge in [0.2, 0.25) is 0 Å². The largest absolute Gasteiger partial charge is 0.477 e. The number of esters is 1. The molecule has 2 atom stereocenters. The van der Waals surface area contributed by atoms with E-state index in [0.29, 0.717) is 12.1 Å². The lowest BCUT2D eigenvalue weighted by molar-refractivity contribution is -0.151. The van der Waals surface area contributed by atoms with Crippen LogP contribution in [-0.4, -0.2) is 28.9 Å². The molecule has 0 aliphatic rings. The van der Waals surface area contributed by atoms with Crippen molar-refractivity contribution in [2.45, 2.75) is 33.3 Å². The van der Waals surface area contributed by atoms with Crippen LogP contribution in [0.1, 0.15) is 27.2 Å². The molecule has 0 aromatic heterocycles. The van der Waals surface area contributed by atoms with Crippen molar-refractivity contribution in [2.75, 3.05) is 0 Å². The summed E-state index contributed by atoms with van der Waals surface area (Å²) in [5.41, 5.74) is 0.276. The number of aliphatic imine (C=N–C) groups is 1. The Hall–Kier alpha value is -2.17. The number of carbonyl (C=O) groups excluding carboxylic acids is 1. The molecule has 0 amide bonds. The van der Waals surface area contributed by atoms with Crippen LogP contribution in [0.5, 0.6) is 0 Å². The fourth-order valence-electron chi connectivity index (χ4n) is 1.47. The first kappa shape index (κ1) is 15.9. The van der Waals surface area contributed by atoms with Gasteiger partial charge in [0.25, 0.3) is 0 Å². The standard InChI is InChI=1S/C15H19NO4/c1-4-10(2)20-15(19)11(3)13(14(17)18)16-12-8-6-5-7-9-12/h5-11H,4H2,1-3H3,(H,17,18). The van der Waals surface area contributed by atoms with Gasteiger partial charge in [-0.1, -0.05) is 25.1 Å². The Morgan fingerprint density at radius 3 is 2.35 bits per heavy atom. The summed E-state index contributed by atoms with van der Waals surface area (Å²) in [6, 6.07) is 8.66. The summed E-state index contributed by atoms with van der Waals surface area (Å²) in [7, 11) is 0. The SMILES string of the molecule is CCC(C)OC(=O)C(C)C(=Nc1ccccc1)C(=O)O. The molecule has 1 aromatic rings. The van der Waals surface area contributed by atoms with Crippen molar-refractivity contribution in [2.24, 2.45) is 10.9 Å². The minimum absolute atomic E-state index is 0.218. The first-order valence-electron chi connectivity index (χ1n) is 6.53. The number of aliphatic carboxylic acids is 1. The molecule has 1 N–H and O–H groups in total. The van der Waals surface area contributed by atoms with Gasteiger partial charge in [-0.3, -0.25) is 4.79 Å². The molecule has 108 valence electrons. The highest BCUT2D eigenvalue weighted by Gasteiger charge is 2.27. The number of carboxylic acid groups (broad SMARTS) is 1. The Bertz CT molecular complexity index is 496. The number of carboxylic acids is 1. The van der Waals surface area contributed by atoms with Crippen LogP contribution in [0, 0.1) is 5.92 Å². The summed E-state index contributed by atoms with van der Waals surface area (Å²) in [6.07, 6.45) is 0.438. The molecular formula is C15H19NO4. The Morgan fingerprint density at radius 2 is 1.85 bits per heavy atom. The third kappa shape index (κ3) is 4.50.